The van der Waals surface area contributed by atoms with Crippen molar-refractivity contribution in [3.63, 3.8) is 0 Å². The maximum absolute atomic E-state index is 11.0. The number of hydrogen-bond acceptors (Lipinski definition) is 4. The normalized spacial score (nSPS) is 18.5. The monoisotopic (exact) mass is 230 g/mol. The highest BCUT2D eigenvalue weighted by Crippen LogP contribution is 2.20. The average molecular weight is 230 g/mol. The van der Waals surface area contributed by atoms with E-state index in [2.05, 4.69) is 10.6 Å². The Hall–Kier alpha value is -2.22. The molecule has 4 N–H and O–H groups in total. The molecule has 5 nitrogen and oxygen atoms in total. The Balaban J connectivity index is 1.95. The molecule has 1 aliphatic rings. The molecule has 1 aromatic carbocycles. The number of nitrogens with zero attached hydrogens (tertiary/aromatic N) is 1. The van der Waals surface area contributed by atoms with Crippen LogP contribution in [0.25, 0.3) is 0 Å². The third-order valence-corrected chi connectivity index (χ3v) is 2.80. The molecule has 0 spiro atoms. The van der Waals surface area contributed by atoms with E-state index in [0.717, 1.165) is 12.1 Å². The molecular weight excluding hydrogens is 216 g/mol. The summed E-state index contributed by atoms with van der Waals surface area (Å²) < 4.78 is 0. The summed E-state index contributed by atoms with van der Waals surface area (Å²) in [6, 6.07) is 7.33. The third kappa shape index (κ3) is 2.67. The van der Waals surface area contributed by atoms with Gasteiger partial charge in [0, 0.05) is 19.0 Å². The molecule has 0 aromatic heterocycles. The lowest BCUT2D eigenvalue weighted by Gasteiger charge is -2.14. The Bertz CT molecular complexity index is 478. The van der Waals surface area contributed by atoms with Crippen molar-refractivity contribution in [1.82, 2.24) is 5.32 Å². The molecule has 1 aromatic rings. The van der Waals surface area contributed by atoms with Crippen molar-refractivity contribution in [2.75, 3.05) is 17.6 Å². The van der Waals surface area contributed by atoms with Crippen LogP contribution in [-0.2, 0) is 4.79 Å². The number of nitriles is 1. The van der Waals surface area contributed by atoms with E-state index in [-0.39, 0.29) is 11.9 Å². The fourth-order valence-corrected chi connectivity index (χ4v) is 1.86. The van der Waals surface area contributed by atoms with Crippen molar-refractivity contribution in [3.8, 4) is 6.07 Å². The topological polar surface area (TPSA) is 90.9 Å². The van der Waals surface area contributed by atoms with E-state index in [9.17, 15) is 4.79 Å². The fraction of sp³-hybridized carbons (Fsp3) is 0.333. The first-order valence-corrected chi connectivity index (χ1v) is 5.52. The zero-order valence-corrected chi connectivity index (χ0v) is 9.36. The summed E-state index contributed by atoms with van der Waals surface area (Å²) in [4.78, 5) is 11.0. The lowest BCUT2D eigenvalue weighted by atomic mass is 10.1. The molecule has 1 saturated heterocycles. The number of nitrogens with two attached hydrogens (primary N) is 1. The fourth-order valence-electron chi connectivity index (χ4n) is 1.86. The van der Waals surface area contributed by atoms with Gasteiger partial charge in [-0.2, -0.15) is 5.26 Å². The molecule has 2 rings (SSSR count). The Labute approximate surface area is 99.6 Å². The van der Waals surface area contributed by atoms with Gasteiger partial charge in [-0.1, -0.05) is 0 Å². The number of benzene rings is 1. The highest BCUT2D eigenvalue weighted by Gasteiger charge is 2.20. The van der Waals surface area contributed by atoms with Gasteiger partial charge in [-0.15, -0.1) is 0 Å². The molecule has 17 heavy (non-hydrogen) atoms. The van der Waals surface area contributed by atoms with E-state index in [4.69, 9.17) is 11.0 Å². The summed E-state index contributed by atoms with van der Waals surface area (Å²) >= 11 is 0. The second kappa shape index (κ2) is 4.74. The van der Waals surface area contributed by atoms with E-state index in [1.54, 1.807) is 18.2 Å². The lowest BCUT2D eigenvalue weighted by Crippen LogP contribution is -2.31. The Morgan fingerprint density at radius 2 is 2.41 bits per heavy atom. The second-order valence-electron chi connectivity index (χ2n) is 4.10. The van der Waals surface area contributed by atoms with Crippen molar-refractivity contribution in [1.29, 1.82) is 5.26 Å². The van der Waals surface area contributed by atoms with Crippen molar-refractivity contribution >= 4 is 17.3 Å². The van der Waals surface area contributed by atoms with Crippen molar-refractivity contribution in [2.45, 2.75) is 18.9 Å². The molecule has 1 fully saturated rings. The minimum Gasteiger partial charge on any atom is -0.397 e. The van der Waals surface area contributed by atoms with Crippen LogP contribution in [-0.4, -0.2) is 18.5 Å². The number of amides is 1. The molecule has 88 valence electrons. The number of rotatable bonds is 3. The zero-order chi connectivity index (χ0) is 12.3. The van der Waals surface area contributed by atoms with Gasteiger partial charge in [0.15, 0.2) is 0 Å². The molecule has 1 aliphatic heterocycles. The van der Waals surface area contributed by atoms with Crippen LogP contribution in [0.2, 0.25) is 0 Å². The minimum absolute atomic E-state index is 0.101. The Morgan fingerprint density at radius 3 is 3.00 bits per heavy atom. The summed E-state index contributed by atoms with van der Waals surface area (Å²) in [5.74, 6) is 0.101. The minimum atomic E-state index is 0.101. The quantitative estimate of drug-likeness (QED) is 0.671. The molecule has 0 saturated carbocycles. The van der Waals surface area contributed by atoms with Crippen LogP contribution in [0.3, 0.4) is 0 Å². The highest BCUT2D eigenvalue weighted by molar-refractivity contribution is 5.78. The Morgan fingerprint density at radius 1 is 1.59 bits per heavy atom. The predicted octanol–water partition coefficient (Wildman–Crippen LogP) is 0.831. The number of carbonyl (C=O) groups excluding carboxylic acids is 1. The number of carbonyl (C=O) groups is 1. The largest absolute Gasteiger partial charge is 0.397 e. The molecule has 1 heterocycles. The SMILES string of the molecule is N#Cc1ccc(NCC2CCC(=O)N2)c(N)c1. The van der Waals surface area contributed by atoms with Crippen LogP contribution in [0.15, 0.2) is 18.2 Å². The van der Waals surface area contributed by atoms with Crippen molar-refractivity contribution in [3.05, 3.63) is 23.8 Å². The van der Waals surface area contributed by atoms with Crippen LogP contribution < -0.4 is 16.4 Å². The molecular formula is C12H14N4O. The van der Waals surface area contributed by atoms with Gasteiger partial charge in [0.2, 0.25) is 5.91 Å². The summed E-state index contributed by atoms with van der Waals surface area (Å²) in [7, 11) is 0. The second-order valence-corrected chi connectivity index (χ2v) is 4.10. The van der Waals surface area contributed by atoms with E-state index in [0.29, 0.717) is 24.2 Å². The first kappa shape index (κ1) is 11.3. The van der Waals surface area contributed by atoms with E-state index < -0.39 is 0 Å². The van der Waals surface area contributed by atoms with Gasteiger partial charge in [0.1, 0.15) is 0 Å². The molecule has 1 unspecified atom stereocenters. The number of nitrogens with one attached hydrogen (secondary N) is 2. The number of anilines is 2. The van der Waals surface area contributed by atoms with Gasteiger partial charge in [-0.05, 0) is 24.6 Å². The summed E-state index contributed by atoms with van der Waals surface area (Å²) in [5.41, 5.74) is 7.70. The van der Waals surface area contributed by atoms with E-state index in [1.165, 1.54) is 0 Å². The predicted molar refractivity (Wildman–Crippen MR) is 65.2 cm³/mol. The smallest absolute Gasteiger partial charge is 0.220 e. The van der Waals surface area contributed by atoms with Crippen LogP contribution in [0, 0.1) is 11.3 Å². The average Bonchev–Trinajstić information content (AvgIpc) is 2.73. The van der Waals surface area contributed by atoms with Crippen molar-refractivity contribution in [2.24, 2.45) is 0 Å². The number of hydrogen-bond donors (Lipinski definition) is 3. The molecule has 0 bridgehead atoms. The molecule has 0 radical (unpaired) electrons. The van der Waals surface area contributed by atoms with Gasteiger partial charge in [0.25, 0.3) is 0 Å². The van der Waals surface area contributed by atoms with E-state index in [1.807, 2.05) is 6.07 Å². The summed E-state index contributed by atoms with van der Waals surface area (Å²) in [6.07, 6.45) is 1.44. The van der Waals surface area contributed by atoms with Gasteiger partial charge >= 0.3 is 0 Å². The molecule has 0 aliphatic carbocycles. The lowest BCUT2D eigenvalue weighted by molar-refractivity contribution is -0.119. The highest BCUT2D eigenvalue weighted by atomic mass is 16.1. The van der Waals surface area contributed by atoms with E-state index >= 15 is 0 Å². The maximum atomic E-state index is 11.0. The standard InChI is InChI=1S/C12H14N4O/c13-6-8-1-3-11(10(14)5-8)15-7-9-2-4-12(17)16-9/h1,3,5,9,15H,2,4,7,14H2,(H,16,17). The first-order valence-electron chi connectivity index (χ1n) is 5.52. The van der Waals surface area contributed by atoms with Gasteiger partial charge in [-0.25, -0.2) is 0 Å². The Kier molecular flexibility index (Phi) is 3.15. The summed E-state index contributed by atoms with van der Waals surface area (Å²) in [6.45, 7) is 0.655. The maximum Gasteiger partial charge on any atom is 0.220 e. The van der Waals surface area contributed by atoms with Crippen LogP contribution >= 0.6 is 0 Å². The zero-order valence-electron chi connectivity index (χ0n) is 9.36. The summed E-state index contributed by atoms with van der Waals surface area (Å²) in [5, 5.41) is 14.8. The van der Waals surface area contributed by atoms with Crippen LogP contribution in [0.4, 0.5) is 11.4 Å². The van der Waals surface area contributed by atoms with Crippen LogP contribution in [0.5, 0.6) is 0 Å². The molecule has 1 amide bonds. The van der Waals surface area contributed by atoms with Gasteiger partial charge in [0.05, 0.1) is 23.0 Å². The molecule has 5 heteroatoms. The number of nitrogen functional groups attached to an aromatic ring is 1. The first-order chi connectivity index (χ1) is 8.19. The van der Waals surface area contributed by atoms with Crippen LogP contribution in [0.1, 0.15) is 18.4 Å². The van der Waals surface area contributed by atoms with Gasteiger partial charge in [-0.3, -0.25) is 4.79 Å². The third-order valence-electron chi connectivity index (χ3n) is 2.80. The molecule has 1 atom stereocenters. The van der Waals surface area contributed by atoms with Gasteiger partial charge < -0.3 is 16.4 Å². The van der Waals surface area contributed by atoms with Crippen molar-refractivity contribution < 1.29 is 4.79 Å².